The van der Waals surface area contributed by atoms with Crippen LogP contribution < -0.4 is 4.90 Å². The summed E-state index contributed by atoms with van der Waals surface area (Å²) in [6.07, 6.45) is -3.65. The molecule has 150 valence electrons. The van der Waals surface area contributed by atoms with E-state index < -0.39 is 11.7 Å². The number of benzene rings is 1. The maximum atomic E-state index is 13.1. The van der Waals surface area contributed by atoms with E-state index in [4.69, 9.17) is 21.2 Å². The molecule has 2 heterocycles. The Bertz CT molecular complexity index is 835. The van der Waals surface area contributed by atoms with E-state index in [9.17, 15) is 13.2 Å². The minimum Gasteiger partial charge on any atom is -0.391 e. The van der Waals surface area contributed by atoms with E-state index in [-0.39, 0.29) is 6.61 Å². The largest absolute Gasteiger partial charge is 0.417 e. The molecule has 3 rings (SSSR count). The predicted molar refractivity (Wildman–Crippen MR) is 101 cm³/mol. The molecule has 0 amide bonds. The number of pyridine rings is 1. The first-order valence-electron chi connectivity index (χ1n) is 8.66. The first-order chi connectivity index (χ1) is 13.3. The number of ether oxygens (including phenoxy) is 1. The molecule has 1 fully saturated rings. The summed E-state index contributed by atoms with van der Waals surface area (Å²) in [7, 11) is 0. The van der Waals surface area contributed by atoms with Crippen molar-refractivity contribution in [1.82, 2.24) is 4.98 Å². The number of rotatable bonds is 5. The van der Waals surface area contributed by atoms with E-state index in [1.807, 2.05) is 17.0 Å². The highest BCUT2D eigenvalue weighted by Gasteiger charge is 2.33. The second-order valence-corrected chi connectivity index (χ2v) is 6.70. The Labute approximate surface area is 165 Å². The molecule has 0 saturated carbocycles. The number of hydrogen-bond acceptors (Lipinski definition) is 5. The normalized spacial score (nSPS) is 15.6. The van der Waals surface area contributed by atoms with Gasteiger partial charge in [-0.25, -0.2) is 0 Å². The Kier molecular flexibility index (Phi) is 6.41. The fourth-order valence-electron chi connectivity index (χ4n) is 2.76. The Hall–Kier alpha value is -2.32. The number of aromatic nitrogens is 1. The van der Waals surface area contributed by atoms with Crippen LogP contribution in [0.5, 0.6) is 0 Å². The fraction of sp³-hybridized carbons (Fsp3) is 0.368. The van der Waals surface area contributed by atoms with Crippen molar-refractivity contribution in [3.05, 3.63) is 58.4 Å². The minimum absolute atomic E-state index is 0.210. The van der Waals surface area contributed by atoms with E-state index >= 15 is 0 Å². The molecule has 2 aromatic rings. The van der Waals surface area contributed by atoms with E-state index in [1.165, 1.54) is 0 Å². The Morgan fingerprint density at radius 1 is 1.25 bits per heavy atom. The van der Waals surface area contributed by atoms with Crippen LogP contribution in [0.3, 0.4) is 0 Å². The maximum Gasteiger partial charge on any atom is 0.417 e. The van der Waals surface area contributed by atoms with Gasteiger partial charge in [0.2, 0.25) is 0 Å². The second kappa shape index (κ2) is 8.79. The van der Waals surface area contributed by atoms with Crippen molar-refractivity contribution >= 4 is 23.0 Å². The lowest BCUT2D eigenvalue weighted by Gasteiger charge is -2.30. The zero-order valence-corrected chi connectivity index (χ0v) is 15.9. The van der Waals surface area contributed by atoms with Crippen molar-refractivity contribution in [3.8, 4) is 0 Å². The lowest BCUT2D eigenvalue weighted by molar-refractivity contribution is -0.137. The van der Waals surface area contributed by atoms with Crippen LogP contribution in [0.2, 0.25) is 5.02 Å². The van der Waals surface area contributed by atoms with Gasteiger partial charge in [-0.05, 0) is 30.7 Å². The van der Waals surface area contributed by atoms with Crippen molar-refractivity contribution in [2.24, 2.45) is 5.16 Å². The third kappa shape index (κ3) is 5.14. The number of hydrogen-bond donors (Lipinski definition) is 0. The van der Waals surface area contributed by atoms with Crippen molar-refractivity contribution < 1.29 is 22.7 Å². The summed E-state index contributed by atoms with van der Waals surface area (Å²) >= 11 is 5.84. The highest BCUT2D eigenvalue weighted by atomic mass is 35.5. The number of oxime groups is 1. The molecule has 1 aliphatic heterocycles. The zero-order chi connectivity index (χ0) is 20.1. The van der Waals surface area contributed by atoms with E-state index in [1.54, 1.807) is 19.1 Å². The number of halogens is 4. The quantitative estimate of drug-likeness (QED) is 0.533. The van der Waals surface area contributed by atoms with Crippen LogP contribution in [-0.2, 0) is 22.4 Å². The number of nitrogens with zero attached hydrogens (tertiary/aromatic N) is 3. The average Bonchev–Trinajstić information content (AvgIpc) is 2.69. The van der Waals surface area contributed by atoms with Crippen LogP contribution in [0.15, 0.2) is 41.7 Å². The van der Waals surface area contributed by atoms with Gasteiger partial charge >= 0.3 is 6.18 Å². The molecule has 0 atom stereocenters. The van der Waals surface area contributed by atoms with Gasteiger partial charge < -0.3 is 14.5 Å². The smallest absolute Gasteiger partial charge is 0.391 e. The summed E-state index contributed by atoms with van der Waals surface area (Å²) in [6, 6.07) is 8.20. The lowest BCUT2D eigenvalue weighted by atomic mass is 10.1. The van der Waals surface area contributed by atoms with Crippen LogP contribution in [-0.4, -0.2) is 37.0 Å². The fourth-order valence-corrected chi connectivity index (χ4v) is 2.89. The average molecular weight is 414 g/mol. The summed E-state index contributed by atoms with van der Waals surface area (Å²) in [4.78, 5) is 11.2. The molecular formula is C19H19ClF3N3O2. The topological polar surface area (TPSA) is 47.0 Å². The van der Waals surface area contributed by atoms with Crippen LogP contribution in [0.4, 0.5) is 18.9 Å². The van der Waals surface area contributed by atoms with Gasteiger partial charge in [0.1, 0.15) is 18.0 Å². The third-order valence-corrected chi connectivity index (χ3v) is 4.49. The molecule has 0 unspecified atom stereocenters. The van der Waals surface area contributed by atoms with Crippen molar-refractivity contribution in [2.75, 3.05) is 31.2 Å². The van der Waals surface area contributed by atoms with Gasteiger partial charge in [-0.15, -0.1) is 0 Å². The SMILES string of the molecule is C/C(=N\OCc1ccc(Cl)cc1)c1ncc(C(F)(F)F)cc1N1CCOCC1. The molecule has 1 aromatic carbocycles. The molecule has 1 aromatic heterocycles. The molecule has 28 heavy (non-hydrogen) atoms. The molecule has 0 spiro atoms. The summed E-state index contributed by atoms with van der Waals surface area (Å²) < 4.78 is 44.7. The van der Waals surface area contributed by atoms with Crippen LogP contribution in [0.1, 0.15) is 23.7 Å². The summed E-state index contributed by atoms with van der Waals surface area (Å²) in [5, 5.41) is 4.66. The Morgan fingerprint density at radius 3 is 2.57 bits per heavy atom. The molecule has 0 N–H and O–H groups in total. The molecular weight excluding hydrogens is 395 g/mol. The molecule has 0 bridgehead atoms. The summed E-state index contributed by atoms with van der Waals surface area (Å²) in [5.74, 6) is 0. The maximum absolute atomic E-state index is 13.1. The van der Waals surface area contributed by atoms with Gasteiger partial charge in [-0.3, -0.25) is 4.98 Å². The van der Waals surface area contributed by atoms with E-state index in [0.29, 0.717) is 48.4 Å². The van der Waals surface area contributed by atoms with E-state index in [2.05, 4.69) is 10.1 Å². The molecule has 1 aliphatic rings. The Morgan fingerprint density at radius 2 is 1.93 bits per heavy atom. The minimum atomic E-state index is -4.47. The summed E-state index contributed by atoms with van der Waals surface area (Å²) in [6.45, 7) is 3.71. The monoisotopic (exact) mass is 413 g/mol. The van der Waals surface area contributed by atoms with Crippen LogP contribution >= 0.6 is 11.6 Å². The van der Waals surface area contributed by atoms with E-state index in [0.717, 1.165) is 17.8 Å². The van der Waals surface area contributed by atoms with Gasteiger partial charge in [0, 0.05) is 24.3 Å². The van der Waals surface area contributed by atoms with Gasteiger partial charge in [-0.2, -0.15) is 13.2 Å². The molecule has 1 saturated heterocycles. The lowest BCUT2D eigenvalue weighted by Crippen LogP contribution is -2.37. The first-order valence-corrected chi connectivity index (χ1v) is 9.03. The highest BCUT2D eigenvalue weighted by Crippen LogP contribution is 2.33. The molecule has 0 aliphatic carbocycles. The molecule has 5 nitrogen and oxygen atoms in total. The highest BCUT2D eigenvalue weighted by molar-refractivity contribution is 6.30. The predicted octanol–water partition coefficient (Wildman–Crippen LogP) is 4.53. The number of alkyl halides is 3. The van der Waals surface area contributed by atoms with Crippen molar-refractivity contribution in [3.63, 3.8) is 0 Å². The summed E-state index contributed by atoms with van der Waals surface area (Å²) in [5.41, 5.74) is 1.19. The van der Waals surface area contributed by atoms with Gasteiger partial charge in [-0.1, -0.05) is 28.9 Å². The van der Waals surface area contributed by atoms with Crippen molar-refractivity contribution in [1.29, 1.82) is 0 Å². The Balaban J connectivity index is 1.82. The zero-order valence-electron chi connectivity index (χ0n) is 15.2. The molecule has 0 radical (unpaired) electrons. The molecule has 9 heteroatoms. The first kappa shape index (κ1) is 20.4. The van der Waals surface area contributed by atoms with Gasteiger partial charge in [0.15, 0.2) is 0 Å². The van der Waals surface area contributed by atoms with Gasteiger partial charge in [0.05, 0.1) is 24.5 Å². The number of morpholine rings is 1. The van der Waals surface area contributed by atoms with Crippen molar-refractivity contribution in [2.45, 2.75) is 19.7 Å². The van der Waals surface area contributed by atoms with Gasteiger partial charge in [0.25, 0.3) is 0 Å². The van der Waals surface area contributed by atoms with Crippen LogP contribution in [0, 0.1) is 0 Å². The second-order valence-electron chi connectivity index (χ2n) is 6.27. The number of anilines is 1. The standard InChI is InChI=1S/C19H19ClF3N3O2/c1-13(25-28-12-14-2-4-16(20)5-3-14)18-17(26-6-8-27-9-7-26)10-15(11-24-18)19(21,22)23/h2-5,10-11H,6-9,12H2,1H3/b25-13+. The van der Waals surface area contributed by atoms with Crippen LogP contribution in [0.25, 0.3) is 0 Å². The third-order valence-electron chi connectivity index (χ3n) is 4.24.